The predicted molar refractivity (Wildman–Crippen MR) is 79.6 cm³/mol. The molecule has 0 heterocycles. The Morgan fingerprint density at radius 2 is 1.74 bits per heavy atom. The molecule has 1 saturated carbocycles. The third-order valence-corrected chi connectivity index (χ3v) is 5.12. The molecule has 0 saturated heterocycles. The zero-order valence-electron chi connectivity index (χ0n) is 11.5. The van der Waals surface area contributed by atoms with E-state index in [1.165, 1.54) is 36.8 Å². The molecule has 0 aliphatic heterocycles. The Labute approximate surface area is 115 Å². The van der Waals surface area contributed by atoms with Crippen LogP contribution in [0, 0.1) is 6.92 Å². The van der Waals surface area contributed by atoms with Gasteiger partial charge in [-0.2, -0.15) is 0 Å². The van der Waals surface area contributed by atoms with Gasteiger partial charge in [-0.05, 0) is 54.7 Å². The summed E-state index contributed by atoms with van der Waals surface area (Å²) < 4.78 is 0. The van der Waals surface area contributed by atoms with Gasteiger partial charge in [0.1, 0.15) is 0 Å². The summed E-state index contributed by atoms with van der Waals surface area (Å²) in [4.78, 5) is 0. The van der Waals surface area contributed by atoms with Gasteiger partial charge in [0.2, 0.25) is 0 Å². The van der Waals surface area contributed by atoms with Crippen molar-refractivity contribution >= 4 is 0 Å². The van der Waals surface area contributed by atoms with E-state index in [-0.39, 0.29) is 0 Å². The fourth-order valence-electron chi connectivity index (χ4n) is 3.85. The monoisotopic (exact) mass is 248 g/mol. The topological polar surface area (TPSA) is 0 Å². The normalized spacial score (nSPS) is 23.1. The number of hydrogen-bond donors (Lipinski definition) is 0. The first kappa shape index (κ1) is 11.3. The molecule has 2 aliphatic carbocycles. The Morgan fingerprint density at radius 3 is 2.47 bits per heavy atom. The molecule has 2 aromatic rings. The van der Waals surface area contributed by atoms with E-state index in [1.807, 2.05) is 0 Å². The SMILES string of the molecule is Cc1ccc2c(c1)C1(CCC2c2ccccc2)CC1. The second-order valence-electron chi connectivity index (χ2n) is 6.37. The lowest BCUT2D eigenvalue weighted by atomic mass is 9.72. The maximum absolute atomic E-state index is 2.46. The molecule has 19 heavy (non-hydrogen) atoms. The highest BCUT2D eigenvalue weighted by molar-refractivity contribution is 5.48. The van der Waals surface area contributed by atoms with E-state index in [1.54, 1.807) is 11.1 Å². The van der Waals surface area contributed by atoms with Crippen LogP contribution in [-0.4, -0.2) is 0 Å². The van der Waals surface area contributed by atoms with Gasteiger partial charge >= 0.3 is 0 Å². The second-order valence-corrected chi connectivity index (χ2v) is 6.37. The molecule has 0 N–H and O–H groups in total. The van der Waals surface area contributed by atoms with Crippen molar-refractivity contribution in [3.63, 3.8) is 0 Å². The van der Waals surface area contributed by atoms with Crippen LogP contribution in [-0.2, 0) is 5.41 Å². The van der Waals surface area contributed by atoms with Crippen LogP contribution in [0.25, 0.3) is 0 Å². The fourth-order valence-corrected chi connectivity index (χ4v) is 3.85. The highest BCUT2D eigenvalue weighted by Gasteiger charge is 2.48. The molecule has 0 amide bonds. The van der Waals surface area contributed by atoms with Crippen LogP contribution in [0.5, 0.6) is 0 Å². The minimum Gasteiger partial charge on any atom is -0.0622 e. The van der Waals surface area contributed by atoms with Gasteiger partial charge in [-0.15, -0.1) is 0 Å². The first-order valence-electron chi connectivity index (χ1n) is 7.44. The number of fused-ring (bicyclic) bond motifs is 2. The third-order valence-electron chi connectivity index (χ3n) is 5.12. The van der Waals surface area contributed by atoms with E-state index in [4.69, 9.17) is 0 Å². The maximum Gasteiger partial charge on any atom is 0.00926 e. The average molecular weight is 248 g/mol. The Hall–Kier alpha value is -1.56. The number of aryl methyl sites for hydroxylation is 1. The van der Waals surface area contributed by atoms with Crippen molar-refractivity contribution in [3.05, 3.63) is 70.8 Å². The lowest BCUT2D eigenvalue weighted by Gasteiger charge is -2.32. The molecule has 2 aliphatic rings. The third kappa shape index (κ3) is 1.74. The highest BCUT2D eigenvalue weighted by Crippen LogP contribution is 2.58. The smallest absolute Gasteiger partial charge is 0.00926 e. The molecule has 0 aromatic heterocycles. The molecule has 1 unspecified atom stereocenters. The first-order chi connectivity index (χ1) is 9.28. The zero-order chi connectivity index (χ0) is 12.9. The molecule has 0 heteroatoms. The molecule has 0 nitrogen and oxygen atoms in total. The van der Waals surface area contributed by atoms with Crippen LogP contribution in [0.15, 0.2) is 48.5 Å². The summed E-state index contributed by atoms with van der Waals surface area (Å²) in [6, 6.07) is 18.2. The molecular weight excluding hydrogens is 228 g/mol. The highest BCUT2D eigenvalue weighted by atomic mass is 14.5. The van der Waals surface area contributed by atoms with Crippen molar-refractivity contribution in [1.29, 1.82) is 0 Å². The van der Waals surface area contributed by atoms with Crippen LogP contribution in [0.3, 0.4) is 0 Å². The van der Waals surface area contributed by atoms with E-state index in [2.05, 4.69) is 55.5 Å². The van der Waals surface area contributed by atoms with Crippen LogP contribution < -0.4 is 0 Å². The molecule has 1 spiro atoms. The number of hydrogen-bond acceptors (Lipinski definition) is 0. The van der Waals surface area contributed by atoms with Crippen LogP contribution in [0.4, 0.5) is 0 Å². The largest absolute Gasteiger partial charge is 0.0622 e. The molecule has 0 bridgehead atoms. The molecule has 0 radical (unpaired) electrons. The Morgan fingerprint density at radius 1 is 0.947 bits per heavy atom. The van der Waals surface area contributed by atoms with Gasteiger partial charge in [-0.25, -0.2) is 0 Å². The Bertz CT molecular complexity index is 605. The van der Waals surface area contributed by atoms with Crippen LogP contribution >= 0.6 is 0 Å². The maximum atomic E-state index is 2.46. The van der Waals surface area contributed by atoms with E-state index in [0.717, 1.165) is 0 Å². The molecule has 4 rings (SSSR count). The quantitative estimate of drug-likeness (QED) is 0.669. The lowest BCUT2D eigenvalue weighted by Crippen LogP contribution is -2.20. The Kier molecular flexibility index (Phi) is 2.35. The van der Waals surface area contributed by atoms with Gasteiger partial charge in [0.25, 0.3) is 0 Å². The number of benzene rings is 2. The average Bonchev–Trinajstić information content (AvgIpc) is 3.22. The van der Waals surface area contributed by atoms with Crippen molar-refractivity contribution in [3.8, 4) is 0 Å². The zero-order valence-corrected chi connectivity index (χ0v) is 11.5. The first-order valence-corrected chi connectivity index (χ1v) is 7.44. The predicted octanol–water partition coefficient (Wildman–Crippen LogP) is 4.95. The summed E-state index contributed by atoms with van der Waals surface area (Å²) in [5, 5.41) is 0. The minimum absolute atomic E-state index is 0.562. The van der Waals surface area contributed by atoms with Crippen molar-refractivity contribution in [2.45, 2.75) is 43.9 Å². The summed E-state index contributed by atoms with van der Waals surface area (Å²) in [6.45, 7) is 2.22. The molecule has 1 atom stereocenters. The molecular formula is C19H20. The summed E-state index contributed by atoms with van der Waals surface area (Å²) in [5.74, 6) is 0.614. The number of rotatable bonds is 1. The fraction of sp³-hybridized carbons (Fsp3) is 0.368. The summed E-state index contributed by atoms with van der Waals surface area (Å²) in [6.07, 6.45) is 5.51. The standard InChI is InChI=1S/C19H20/c1-14-7-8-17-16(15-5-3-2-4-6-15)9-10-19(11-12-19)18(17)13-14/h2-8,13,16H,9-12H2,1H3. The molecule has 96 valence electrons. The van der Waals surface area contributed by atoms with Gasteiger partial charge in [0.15, 0.2) is 0 Å². The van der Waals surface area contributed by atoms with E-state index >= 15 is 0 Å². The van der Waals surface area contributed by atoms with Gasteiger partial charge in [-0.3, -0.25) is 0 Å². The van der Waals surface area contributed by atoms with E-state index in [0.29, 0.717) is 11.3 Å². The van der Waals surface area contributed by atoms with E-state index in [9.17, 15) is 0 Å². The second kappa shape index (κ2) is 3.96. The van der Waals surface area contributed by atoms with Gasteiger partial charge in [0, 0.05) is 5.92 Å². The van der Waals surface area contributed by atoms with Crippen molar-refractivity contribution in [2.24, 2.45) is 0 Å². The van der Waals surface area contributed by atoms with Crippen LogP contribution in [0.2, 0.25) is 0 Å². The van der Waals surface area contributed by atoms with Crippen LogP contribution in [0.1, 0.15) is 53.9 Å². The summed E-state index contributed by atoms with van der Waals surface area (Å²) >= 11 is 0. The Balaban J connectivity index is 1.85. The summed E-state index contributed by atoms with van der Waals surface area (Å²) in [5.41, 5.74) is 6.72. The minimum atomic E-state index is 0.562. The van der Waals surface area contributed by atoms with Gasteiger partial charge in [0.05, 0.1) is 0 Å². The van der Waals surface area contributed by atoms with Gasteiger partial charge in [-0.1, -0.05) is 54.1 Å². The van der Waals surface area contributed by atoms with Gasteiger partial charge < -0.3 is 0 Å². The van der Waals surface area contributed by atoms with E-state index < -0.39 is 0 Å². The molecule has 1 fully saturated rings. The lowest BCUT2D eigenvalue weighted by molar-refractivity contribution is 0.505. The molecule has 2 aromatic carbocycles. The summed E-state index contributed by atoms with van der Waals surface area (Å²) in [7, 11) is 0. The van der Waals surface area contributed by atoms with Crippen molar-refractivity contribution in [1.82, 2.24) is 0 Å². The van der Waals surface area contributed by atoms with Crippen molar-refractivity contribution < 1.29 is 0 Å². The van der Waals surface area contributed by atoms with Crippen molar-refractivity contribution in [2.75, 3.05) is 0 Å².